The van der Waals surface area contributed by atoms with Crippen LogP contribution >= 0.6 is 0 Å². The number of esters is 1. The quantitative estimate of drug-likeness (QED) is 0.313. The van der Waals surface area contributed by atoms with E-state index in [-0.39, 0.29) is 17.2 Å². The van der Waals surface area contributed by atoms with Gasteiger partial charge in [0.25, 0.3) is 5.69 Å². The molecular formula is C17H17NO7. The van der Waals surface area contributed by atoms with E-state index in [0.717, 1.165) is 6.07 Å². The Morgan fingerprint density at radius 2 is 1.72 bits per heavy atom. The normalized spacial score (nSPS) is 10.0. The van der Waals surface area contributed by atoms with Crippen LogP contribution in [0.4, 0.5) is 5.69 Å². The standard InChI is InChI=1S/C17H17NO7/c1-3-23-14-6-4-5-7-15(14)24-11-17(19)25-16-10-12(18(20)21)8-9-13(16)22-2/h4-10H,3,11H2,1-2H3. The van der Waals surface area contributed by atoms with Crippen molar-refractivity contribution in [3.8, 4) is 23.0 Å². The Bertz CT molecular complexity index is 760. The SMILES string of the molecule is CCOc1ccccc1OCC(=O)Oc1cc([N+](=O)[O-])ccc1OC. The molecule has 0 saturated carbocycles. The first-order valence-corrected chi connectivity index (χ1v) is 7.43. The first-order valence-electron chi connectivity index (χ1n) is 7.43. The molecule has 0 amide bonds. The van der Waals surface area contributed by atoms with Crippen LogP contribution in [0.3, 0.4) is 0 Å². The molecule has 0 aliphatic carbocycles. The fourth-order valence-electron chi connectivity index (χ4n) is 1.99. The molecule has 132 valence electrons. The summed E-state index contributed by atoms with van der Waals surface area (Å²) in [5.74, 6) is 0.320. The lowest BCUT2D eigenvalue weighted by Crippen LogP contribution is -2.18. The highest BCUT2D eigenvalue weighted by Gasteiger charge is 2.16. The van der Waals surface area contributed by atoms with E-state index in [9.17, 15) is 14.9 Å². The summed E-state index contributed by atoms with van der Waals surface area (Å²) in [5, 5.41) is 10.8. The van der Waals surface area contributed by atoms with E-state index in [1.807, 2.05) is 6.92 Å². The Morgan fingerprint density at radius 3 is 2.32 bits per heavy atom. The molecule has 8 nitrogen and oxygen atoms in total. The van der Waals surface area contributed by atoms with Crippen molar-refractivity contribution >= 4 is 11.7 Å². The van der Waals surface area contributed by atoms with Gasteiger partial charge >= 0.3 is 5.97 Å². The van der Waals surface area contributed by atoms with E-state index in [0.29, 0.717) is 18.1 Å². The summed E-state index contributed by atoms with van der Waals surface area (Å²) in [6, 6.07) is 10.6. The van der Waals surface area contributed by atoms with Crippen molar-refractivity contribution in [3.05, 3.63) is 52.6 Å². The van der Waals surface area contributed by atoms with Crippen molar-refractivity contribution in [3.63, 3.8) is 0 Å². The molecule has 0 N–H and O–H groups in total. The van der Waals surface area contributed by atoms with Crippen LogP contribution in [0, 0.1) is 10.1 Å². The third-order valence-corrected chi connectivity index (χ3v) is 3.08. The number of nitro benzene ring substituents is 1. The van der Waals surface area contributed by atoms with Gasteiger partial charge in [-0.2, -0.15) is 0 Å². The minimum Gasteiger partial charge on any atom is -0.493 e. The molecule has 2 rings (SSSR count). The van der Waals surface area contributed by atoms with Crippen molar-refractivity contribution in [1.29, 1.82) is 0 Å². The van der Waals surface area contributed by atoms with E-state index in [4.69, 9.17) is 18.9 Å². The van der Waals surface area contributed by atoms with Crippen LogP contribution in [0.25, 0.3) is 0 Å². The molecule has 0 aliphatic rings. The number of methoxy groups -OCH3 is 1. The molecule has 0 bridgehead atoms. The van der Waals surface area contributed by atoms with Gasteiger partial charge in [0.15, 0.2) is 29.6 Å². The monoisotopic (exact) mass is 347 g/mol. The number of hydrogen-bond acceptors (Lipinski definition) is 7. The molecule has 0 saturated heterocycles. The van der Waals surface area contributed by atoms with Crippen LogP contribution in [0.2, 0.25) is 0 Å². The minimum atomic E-state index is -0.731. The van der Waals surface area contributed by atoms with Crippen LogP contribution in [-0.2, 0) is 4.79 Å². The van der Waals surface area contributed by atoms with E-state index < -0.39 is 17.5 Å². The van der Waals surface area contributed by atoms with Gasteiger partial charge in [-0.25, -0.2) is 4.79 Å². The molecule has 0 aliphatic heterocycles. The highest BCUT2D eigenvalue weighted by atomic mass is 16.6. The summed E-state index contributed by atoms with van der Waals surface area (Å²) in [7, 11) is 1.37. The lowest BCUT2D eigenvalue weighted by Gasteiger charge is -2.12. The van der Waals surface area contributed by atoms with Gasteiger partial charge in [-0.15, -0.1) is 0 Å². The number of benzene rings is 2. The highest BCUT2D eigenvalue weighted by molar-refractivity contribution is 5.75. The summed E-state index contributed by atoms with van der Waals surface area (Å²) >= 11 is 0. The van der Waals surface area contributed by atoms with Gasteiger partial charge in [0.2, 0.25) is 0 Å². The predicted molar refractivity (Wildman–Crippen MR) is 88.4 cm³/mol. The Hall–Kier alpha value is -3.29. The molecule has 2 aromatic rings. The van der Waals surface area contributed by atoms with Gasteiger partial charge in [-0.3, -0.25) is 10.1 Å². The first kappa shape index (κ1) is 18.1. The Kier molecular flexibility index (Phi) is 6.16. The summed E-state index contributed by atoms with van der Waals surface area (Å²) < 4.78 is 20.9. The molecule has 0 spiro atoms. The molecule has 2 aromatic carbocycles. The zero-order valence-corrected chi connectivity index (χ0v) is 13.8. The zero-order chi connectivity index (χ0) is 18.2. The Labute approximate surface area is 144 Å². The molecular weight excluding hydrogens is 330 g/mol. The number of nitrogens with zero attached hydrogens (tertiary/aromatic N) is 1. The van der Waals surface area contributed by atoms with Crippen LogP contribution in [0.1, 0.15) is 6.92 Å². The van der Waals surface area contributed by atoms with Gasteiger partial charge in [0, 0.05) is 6.07 Å². The van der Waals surface area contributed by atoms with E-state index in [1.165, 1.54) is 19.2 Å². The number of rotatable bonds is 8. The number of ether oxygens (including phenoxy) is 4. The summed E-state index contributed by atoms with van der Waals surface area (Å²) in [6.07, 6.45) is 0. The Morgan fingerprint density at radius 1 is 1.04 bits per heavy atom. The Balaban J connectivity index is 2.05. The molecule has 25 heavy (non-hydrogen) atoms. The predicted octanol–water partition coefficient (Wildman–Crippen LogP) is 2.99. The molecule has 0 aromatic heterocycles. The van der Waals surface area contributed by atoms with E-state index in [1.54, 1.807) is 24.3 Å². The van der Waals surface area contributed by atoms with Crippen LogP contribution in [0.5, 0.6) is 23.0 Å². The van der Waals surface area contributed by atoms with Gasteiger partial charge in [-0.05, 0) is 25.1 Å². The second-order valence-electron chi connectivity index (χ2n) is 4.73. The zero-order valence-electron chi connectivity index (χ0n) is 13.8. The third kappa shape index (κ3) is 4.84. The van der Waals surface area contributed by atoms with E-state index >= 15 is 0 Å². The molecule has 0 radical (unpaired) electrons. The number of nitro groups is 1. The second-order valence-corrected chi connectivity index (χ2v) is 4.73. The lowest BCUT2D eigenvalue weighted by atomic mass is 10.3. The first-order chi connectivity index (χ1) is 12.0. The maximum Gasteiger partial charge on any atom is 0.349 e. The largest absolute Gasteiger partial charge is 0.493 e. The molecule has 0 fully saturated rings. The average Bonchev–Trinajstić information content (AvgIpc) is 2.61. The average molecular weight is 347 g/mol. The number of hydrogen-bond donors (Lipinski definition) is 0. The van der Waals surface area contributed by atoms with Crippen molar-refractivity contribution in [2.24, 2.45) is 0 Å². The minimum absolute atomic E-state index is 0.0524. The lowest BCUT2D eigenvalue weighted by molar-refractivity contribution is -0.384. The van der Waals surface area contributed by atoms with Crippen LogP contribution in [-0.4, -0.2) is 31.2 Å². The topological polar surface area (TPSA) is 97.1 Å². The van der Waals surface area contributed by atoms with E-state index in [2.05, 4.69) is 0 Å². The number of carbonyl (C=O) groups is 1. The van der Waals surface area contributed by atoms with Crippen molar-refractivity contribution < 1.29 is 28.7 Å². The van der Waals surface area contributed by atoms with Crippen molar-refractivity contribution in [2.75, 3.05) is 20.3 Å². The van der Waals surface area contributed by atoms with Gasteiger partial charge in [0.1, 0.15) is 0 Å². The van der Waals surface area contributed by atoms with Crippen molar-refractivity contribution in [2.45, 2.75) is 6.92 Å². The summed E-state index contributed by atoms with van der Waals surface area (Å²) in [5.41, 5.74) is -0.216. The molecule has 8 heteroatoms. The summed E-state index contributed by atoms with van der Waals surface area (Å²) in [4.78, 5) is 22.2. The fraction of sp³-hybridized carbons (Fsp3) is 0.235. The molecule has 0 heterocycles. The van der Waals surface area contributed by atoms with Gasteiger partial charge in [-0.1, -0.05) is 12.1 Å². The third-order valence-electron chi connectivity index (χ3n) is 3.08. The van der Waals surface area contributed by atoms with Gasteiger partial charge in [0.05, 0.1) is 24.7 Å². The fourth-order valence-corrected chi connectivity index (χ4v) is 1.99. The molecule has 0 unspecified atom stereocenters. The smallest absolute Gasteiger partial charge is 0.349 e. The van der Waals surface area contributed by atoms with Crippen molar-refractivity contribution in [1.82, 2.24) is 0 Å². The molecule has 0 atom stereocenters. The highest BCUT2D eigenvalue weighted by Crippen LogP contribution is 2.31. The van der Waals surface area contributed by atoms with Crippen LogP contribution < -0.4 is 18.9 Å². The maximum atomic E-state index is 12.0. The second kappa shape index (κ2) is 8.53. The summed E-state index contributed by atoms with van der Waals surface area (Å²) in [6.45, 7) is 1.89. The van der Waals surface area contributed by atoms with Crippen LogP contribution in [0.15, 0.2) is 42.5 Å². The van der Waals surface area contributed by atoms with Gasteiger partial charge < -0.3 is 18.9 Å². The maximum absolute atomic E-state index is 12.0. The number of non-ortho nitro benzene ring substituents is 1. The number of para-hydroxylation sites is 2. The number of carbonyl (C=O) groups excluding carboxylic acids is 1.